The molecule has 48 heavy (non-hydrogen) atoms. The summed E-state index contributed by atoms with van der Waals surface area (Å²) in [6.45, 7) is 1.59. The number of carbonyl (C=O) groups excluding carboxylic acids is 1. The van der Waals surface area contributed by atoms with E-state index < -0.39 is 0 Å². The molecule has 5 aliphatic heterocycles. The van der Waals surface area contributed by atoms with E-state index in [9.17, 15) is 5.11 Å². The van der Waals surface area contributed by atoms with Gasteiger partial charge in [-0.25, -0.2) is 4.79 Å². The highest BCUT2D eigenvalue weighted by Crippen LogP contribution is 2.60. The summed E-state index contributed by atoms with van der Waals surface area (Å²) in [5.41, 5.74) is 10.1. The van der Waals surface area contributed by atoms with Gasteiger partial charge in [-0.15, -0.1) is 0 Å². The summed E-state index contributed by atoms with van der Waals surface area (Å²) < 4.78 is 41.5. The van der Waals surface area contributed by atoms with Gasteiger partial charge in [0.2, 0.25) is 20.4 Å². The summed E-state index contributed by atoms with van der Waals surface area (Å²) in [4.78, 5) is 19.2. The van der Waals surface area contributed by atoms with E-state index in [0.717, 1.165) is 61.6 Å². The van der Waals surface area contributed by atoms with Gasteiger partial charge in [0, 0.05) is 35.3 Å². The smallest absolute Gasteiger partial charge is 0.321 e. The number of hydrogen-bond acceptors (Lipinski definition) is 9. The van der Waals surface area contributed by atoms with Crippen molar-refractivity contribution in [2.24, 2.45) is 0 Å². The van der Waals surface area contributed by atoms with Gasteiger partial charge < -0.3 is 48.1 Å². The van der Waals surface area contributed by atoms with Crippen LogP contribution in [0.25, 0.3) is 22.3 Å². The monoisotopic (exact) mass is 646 g/mol. The number of methoxy groups -OCH3 is 1. The van der Waals surface area contributed by atoms with E-state index in [1.54, 1.807) is 13.2 Å². The predicted molar refractivity (Wildman–Crippen MR) is 169 cm³/mol. The molecule has 4 aromatic carbocycles. The van der Waals surface area contributed by atoms with Crippen molar-refractivity contribution < 1.29 is 43.1 Å². The van der Waals surface area contributed by atoms with Crippen molar-refractivity contribution in [3.8, 4) is 68.2 Å². The highest BCUT2D eigenvalue weighted by Gasteiger charge is 2.47. The number of benzene rings is 4. The molecule has 11 heteroatoms. The van der Waals surface area contributed by atoms with Gasteiger partial charge in [0.15, 0.2) is 46.0 Å². The zero-order valence-corrected chi connectivity index (χ0v) is 26.1. The third kappa shape index (κ3) is 3.30. The molecule has 11 rings (SSSR count). The molecule has 0 fully saturated rings. The van der Waals surface area contributed by atoms with Crippen LogP contribution in [0, 0.1) is 0 Å². The van der Waals surface area contributed by atoms with Crippen LogP contribution < -0.4 is 33.2 Å². The third-order valence-electron chi connectivity index (χ3n) is 11.1. The van der Waals surface area contributed by atoms with E-state index in [0.29, 0.717) is 67.5 Å². The number of urea groups is 1. The Morgan fingerprint density at radius 1 is 0.667 bits per heavy atom. The molecule has 242 valence electrons. The molecular formula is C37H30N2O9. The number of hydrogen-bond donors (Lipinski definition) is 1. The molecule has 0 spiro atoms. The van der Waals surface area contributed by atoms with Crippen LogP contribution in [0.5, 0.6) is 46.0 Å². The molecule has 11 nitrogen and oxygen atoms in total. The van der Waals surface area contributed by atoms with Gasteiger partial charge in [-0.2, -0.15) is 0 Å². The van der Waals surface area contributed by atoms with Gasteiger partial charge in [-0.05, 0) is 83.3 Å². The molecule has 2 unspecified atom stereocenters. The lowest BCUT2D eigenvalue weighted by Crippen LogP contribution is -2.52. The summed E-state index contributed by atoms with van der Waals surface area (Å²) in [5.74, 6) is 4.65. The maximum atomic E-state index is 15.1. The Morgan fingerprint density at radius 3 is 1.79 bits per heavy atom. The Kier molecular flexibility index (Phi) is 5.17. The molecule has 2 amide bonds. The molecular weight excluding hydrogens is 616 g/mol. The number of phenols is 1. The van der Waals surface area contributed by atoms with Gasteiger partial charge >= 0.3 is 6.03 Å². The molecule has 5 heterocycles. The van der Waals surface area contributed by atoms with E-state index >= 15 is 4.79 Å². The standard InChI is InChI=1S/C37H30N2O9/c1-42-33-23(40)4-2-17-10-21-27-19(12-25-35(47-15-44-25)31(27)29(17)33)6-8-38(21)37(41)39-9-7-20-13-26-36(48-16-45-26)32-28(20)22(39)11-18-3-5-24-34(30(18)32)46-14-43-24/h2-5,12-13,21-22,40H,6-11,14-16H2,1H3. The van der Waals surface area contributed by atoms with Crippen LogP contribution in [0.15, 0.2) is 36.4 Å². The Labute approximate surface area is 275 Å². The van der Waals surface area contributed by atoms with E-state index in [-0.39, 0.29) is 44.2 Å². The summed E-state index contributed by atoms with van der Waals surface area (Å²) in [6.07, 6.45) is 2.60. The van der Waals surface area contributed by atoms with E-state index in [1.807, 2.05) is 17.0 Å². The molecule has 0 saturated heterocycles. The summed E-state index contributed by atoms with van der Waals surface area (Å²) >= 11 is 0. The molecule has 0 aromatic heterocycles. The Bertz CT molecular complexity index is 2040. The second-order valence-electron chi connectivity index (χ2n) is 13.2. The third-order valence-corrected chi connectivity index (χ3v) is 11.1. The minimum Gasteiger partial charge on any atom is -0.504 e. The lowest BCUT2D eigenvalue weighted by molar-refractivity contribution is 0.106. The minimum atomic E-state index is -0.227. The summed E-state index contributed by atoms with van der Waals surface area (Å²) in [7, 11) is 1.56. The average molecular weight is 647 g/mol. The number of phenolic OH excluding ortho intramolecular Hbond substituents is 1. The molecule has 0 saturated carbocycles. The van der Waals surface area contributed by atoms with Crippen molar-refractivity contribution in [1.82, 2.24) is 9.80 Å². The number of carbonyl (C=O) groups is 1. The maximum Gasteiger partial charge on any atom is 0.321 e. The fraction of sp³-hybridized carbons (Fsp3) is 0.324. The molecule has 1 N–H and O–H groups in total. The van der Waals surface area contributed by atoms with Crippen LogP contribution in [0.3, 0.4) is 0 Å². The first kappa shape index (κ1) is 26.6. The molecule has 4 aromatic rings. The molecule has 2 atom stereocenters. The normalized spacial score (nSPS) is 20.9. The first-order valence-electron chi connectivity index (χ1n) is 16.4. The lowest BCUT2D eigenvalue weighted by Gasteiger charge is -2.47. The van der Waals surface area contributed by atoms with E-state index in [2.05, 4.69) is 23.1 Å². The number of nitrogens with zero attached hydrogens (tertiary/aromatic N) is 2. The number of fused-ring (bicyclic) bond motifs is 10. The largest absolute Gasteiger partial charge is 0.504 e. The summed E-state index contributed by atoms with van der Waals surface area (Å²) in [5, 5.41) is 10.8. The van der Waals surface area contributed by atoms with Gasteiger partial charge in [-0.3, -0.25) is 0 Å². The lowest BCUT2D eigenvalue weighted by atomic mass is 9.75. The highest BCUT2D eigenvalue weighted by molar-refractivity contribution is 5.92. The Balaban J connectivity index is 1.04. The van der Waals surface area contributed by atoms with Crippen LogP contribution >= 0.6 is 0 Å². The van der Waals surface area contributed by atoms with Crippen molar-refractivity contribution in [1.29, 1.82) is 0 Å². The van der Waals surface area contributed by atoms with Crippen LogP contribution in [0.2, 0.25) is 0 Å². The van der Waals surface area contributed by atoms with Crippen molar-refractivity contribution in [2.75, 3.05) is 40.6 Å². The zero-order chi connectivity index (χ0) is 31.8. The zero-order valence-electron chi connectivity index (χ0n) is 26.1. The average Bonchev–Trinajstić information content (AvgIpc) is 3.89. The molecule has 2 aliphatic carbocycles. The maximum absolute atomic E-state index is 15.1. The first-order chi connectivity index (χ1) is 23.6. The van der Waals surface area contributed by atoms with Gasteiger partial charge in [0.25, 0.3) is 0 Å². The van der Waals surface area contributed by atoms with E-state index in [1.165, 1.54) is 5.56 Å². The van der Waals surface area contributed by atoms with Gasteiger partial charge in [0.05, 0.1) is 19.2 Å². The quantitative estimate of drug-likeness (QED) is 0.281. The number of amides is 2. The van der Waals surface area contributed by atoms with Crippen LogP contribution in [-0.2, 0) is 25.7 Å². The fourth-order valence-corrected chi connectivity index (χ4v) is 9.18. The fourth-order valence-electron chi connectivity index (χ4n) is 9.18. The SMILES string of the molecule is COc1c(O)ccc2c1-c1c3c(cc4c1C(C2)N(C(=O)N1CCc2cc5c(c6c2C1Cc1ccc2c(c1-6)OCO2)OCO5)CC4)OCO3. The minimum absolute atomic E-state index is 0.00641. The first-order valence-corrected chi connectivity index (χ1v) is 16.4. The predicted octanol–water partition coefficient (Wildman–Crippen LogP) is 5.65. The van der Waals surface area contributed by atoms with Crippen molar-refractivity contribution in [3.05, 3.63) is 69.8 Å². The Morgan fingerprint density at radius 2 is 1.19 bits per heavy atom. The highest BCUT2D eigenvalue weighted by atomic mass is 16.7. The van der Waals surface area contributed by atoms with Crippen molar-refractivity contribution >= 4 is 6.03 Å². The van der Waals surface area contributed by atoms with E-state index in [4.69, 9.17) is 33.2 Å². The van der Waals surface area contributed by atoms with Crippen LogP contribution in [-0.4, -0.2) is 61.5 Å². The number of aromatic hydroxyl groups is 1. The molecule has 0 radical (unpaired) electrons. The number of rotatable bonds is 1. The van der Waals surface area contributed by atoms with Gasteiger partial charge in [-0.1, -0.05) is 12.1 Å². The van der Waals surface area contributed by atoms with Crippen molar-refractivity contribution in [3.63, 3.8) is 0 Å². The van der Waals surface area contributed by atoms with Crippen LogP contribution in [0.4, 0.5) is 4.79 Å². The van der Waals surface area contributed by atoms with Crippen molar-refractivity contribution in [2.45, 2.75) is 37.8 Å². The number of ether oxygens (including phenoxy) is 7. The summed E-state index contributed by atoms with van der Waals surface area (Å²) in [6, 6.07) is 11.4. The van der Waals surface area contributed by atoms with Gasteiger partial charge in [0.1, 0.15) is 0 Å². The molecule has 0 bridgehead atoms. The Hall–Kier alpha value is -5.45. The second kappa shape index (κ2) is 9.33. The second-order valence-corrected chi connectivity index (χ2v) is 13.2. The topological polar surface area (TPSA) is 108 Å². The molecule has 7 aliphatic rings. The van der Waals surface area contributed by atoms with Crippen LogP contribution in [0.1, 0.15) is 45.5 Å².